The van der Waals surface area contributed by atoms with Crippen LogP contribution in [0.5, 0.6) is 0 Å². The van der Waals surface area contributed by atoms with Gasteiger partial charge in [0.2, 0.25) is 0 Å². The topological polar surface area (TPSA) is 0 Å². The van der Waals surface area contributed by atoms with E-state index in [9.17, 15) is 0 Å². The van der Waals surface area contributed by atoms with Gasteiger partial charge in [-0.15, -0.1) is 0 Å². The number of alkyl halides is 1. The second kappa shape index (κ2) is 5.21. The van der Waals surface area contributed by atoms with E-state index in [0.29, 0.717) is 0 Å². The molecule has 0 aliphatic heterocycles. The summed E-state index contributed by atoms with van der Waals surface area (Å²) in [6, 6.07) is 10.8. The third kappa shape index (κ3) is 3.33. The molecular formula is C8H9I3. The molecule has 62 valence electrons. The van der Waals surface area contributed by atoms with Gasteiger partial charge in [-0.25, -0.2) is 0 Å². The fourth-order valence-electron chi connectivity index (χ4n) is 0.813. The fraction of sp³-hybridized carbons (Fsp3) is 0.250. The number of hydrogen-bond acceptors (Lipinski definition) is 0. The summed E-state index contributed by atoms with van der Waals surface area (Å²) < 4.78 is 0.807. The molecule has 0 N–H and O–H groups in total. The molecule has 1 aromatic carbocycles. The van der Waals surface area contributed by atoms with E-state index in [1.54, 1.807) is 0 Å². The Morgan fingerprint density at radius 2 is 1.73 bits per heavy atom. The first-order chi connectivity index (χ1) is 5.22. The summed E-state index contributed by atoms with van der Waals surface area (Å²) in [4.78, 5) is 0. The van der Waals surface area contributed by atoms with Gasteiger partial charge < -0.3 is 0 Å². The van der Waals surface area contributed by atoms with E-state index >= 15 is 0 Å². The number of hydrogen-bond donors (Lipinski definition) is 0. The van der Waals surface area contributed by atoms with E-state index in [0.717, 1.165) is 3.92 Å². The summed E-state index contributed by atoms with van der Waals surface area (Å²) in [5, 5.41) is 0. The van der Waals surface area contributed by atoms with Crippen LogP contribution in [-0.4, -0.2) is 0 Å². The van der Waals surface area contributed by atoms with Gasteiger partial charge in [-0.3, -0.25) is 0 Å². The number of benzene rings is 1. The minimum atomic E-state index is -0.708. The Morgan fingerprint density at radius 3 is 2.18 bits per heavy atom. The maximum absolute atomic E-state index is 2.62. The van der Waals surface area contributed by atoms with Gasteiger partial charge in [0.05, 0.1) is 0 Å². The van der Waals surface area contributed by atoms with Crippen molar-refractivity contribution >= 4 is 49.1 Å². The molecule has 0 aliphatic carbocycles. The Morgan fingerprint density at radius 1 is 1.18 bits per heavy atom. The first-order valence-corrected chi connectivity index (χ1v) is 17.1. The Labute approximate surface area is 94.3 Å². The molecule has 0 fully saturated rings. The van der Waals surface area contributed by atoms with Crippen molar-refractivity contribution in [3.05, 3.63) is 35.9 Å². The van der Waals surface area contributed by atoms with Crippen LogP contribution in [0.2, 0.25) is 0 Å². The quantitative estimate of drug-likeness (QED) is 0.410. The van der Waals surface area contributed by atoms with Crippen molar-refractivity contribution in [1.29, 1.82) is 0 Å². The van der Waals surface area contributed by atoms with Crippen molar-refractivity contribution in [3.8, 4) is 0 Å². The van der Waals surface area contributed by atoms with Gasteiger partial charge in [0.1, 0.15) is 0 Å². The second-order valence-electron chi connectivity index (χ2n) is 2.25. The van der Waals surface area contributed by atoms with E-state index in [-0.39, 0.29) is 0 Å². The van der Waals surface area contributed by atoms with Crippen LogP contribution in [0.25, 0.3) is 0 Å². The molecule has 0 amide bonds. The average Bonchev–Trinajstić information content (AvgIpc) is 2.05. The molecule has 3 heteroatoms. The Kier molecular flexibility index (Phi) is 4.97. The molecule has 0 aliphatic rings. The molecule has 1 atom stereocenters. The molecule has 0 spiro atoms. The SMILES string of the molecule is CC(c1ccccc1)I(I)I. The molecule has 11 heavy (non-hydrogen) atoms. The molecule has 0 bridgehead atoms. The van der Waals surface area contributed by atoms with Gasteiger partial charge in [0.25, 0.3) is 0 Å². The van der Waals surface area contributed by atoms with E-state index < -0.39 is 11.9 Å². The van der Waals surface area contributed by atoms with Crippen molar-refractivity contribution in [2.24, 2.45) is 0 Å². The Balaban J connectivity index is 2.77. The molecule has 0 radical (unpaired) electrons. The fourth-order valence-corrected chi connectivity index (χ4v) is 5.42. The van der Waals surface area contributed by atoms with E-state index in [1.165, 1.54) is 5.56 Å². The monoisotopic (exact) mass is 486 g/mol. The molecule has 0 heterocycles. The molecule has 0 saturated carbocycles. The van der Waals surface area contributed by atoms with Gasteiger partial charge in [-0.1, -0.05) is 0 Å². The van der Waals surface area contributed by atoms with Crippen LogP contribution in [0.4, 0.5) is 0 Å². The summed E-state index contributed by atoms with van der Waals surface area (Å²) in [7, 11) is 0. The number of halogens is 3. The summed E-state index contributed by atoms with van der Waals surface area (Å²) in [5.74, 6) is 0. The standard InChI is InChI=1S/C8H9I3/c1-7(11(9)10)8-5-3-2-4-6-8/h2-7H,1H3. The molecule has 1 unspecified atom stereocenters. The number of rotatable bonds is 2. The Hall–Kier alpha value is 1.41. The van der Waals surface area contributed by atoms with E-state index in [1.807, 2.05) is 0 Å². The molecule has 1 rings (SSSR count). The van der Waals surface area contributed by atoms with Crippen LogP contribution in [0, 0.1) is 0 Å². The van der Waals surface area contributed by atoms with E-state index in [2.05, 4.69) is 74.5 Å². The molecule has 1 aromatic rings. The second-order valence-corrected chi connectivity index (χ2v) is 27.6. The zero-order valence-corrected chi connectivity index (χ0v) is 12.6. The van der Waals surface area contributed by atoms with Gasteiger partial charge in [0.15, 0.2) is 0 Å². The molecule has 0 aromatic heterocycles. The minimum absolute atomic E-state index is 0.708. The molecular weight excluding hydrogens is 477 g/mol. The van der Waals surface area contributed by atoms with Crippen molar-refractivity contribution in [2.75, 3.05) is 0 Å². The first-order valence-electron chi connectivity index (χ1n) is 3.28. The van der Waals surface area contributed by atoms with Crippen molar-refractivity contribution in [1.82, 2.24) is 0 Å². The predicted molar refractivity (Wildman–Crippen MR) is 76.9 cm³/mol. The van der Waals surface area contributed by atoms with Crippen molar-refractivity contribution < 1.29 is 0 Å². The van der Waals surface area contributed by atoms with Gasteiger partial charge >= 0.3 is 95.8 Å². The summed E-state index contributed by atoms with van der Waals surface area (Å²) >= 11 is 4.52. The summed E-state index contributed by atoms with van der Waals surface area (Å²) in [5.41, 5.74) is 1.50. The third-order valence-corrected chi connectivity index (χ3v) is 13.1. The average molecular weight is 486 g/mol. The van der Waals surface area contributed by atoms with Crippen molar-refractivity contribution in [2.45, 2.75) is 10.8 Å². The Bertz CT molecular complexity index is 208. The van der Waals surface area contributed by atoms with Crippen LogP contribution >= 0.6 is 49.1 Å². The summed E-state index contributed by atoms with van der Waals surface area (Å²) in [6.45, 7) is 2.33. The van der Waals surface area contributed by atoms with Crippen LogP contribution < -0.4 is 0 Å². The third-order valence-electron chi connectivity index (χ3n) is 1.51. The van der Waals surface area contributed by atoms with Gasteiger partial charge in [-0.05, 0) is 0 Å². The summed E-state index contributed by atoms with van der Waals surface area (Å²) in [6.07, 6.45) is 0. The maximum atomic E-state index is 2.62. The van der Waals surface area contributed by atoms with Crippen LogP contribution in [0.1, 0.15) is 16.4 Å². The zero-order valence-electron chi connectivity index (χ0n) is 6.10. The molecule has 0 nitrogen and oxygen atoms in total. The van der Waals surface area contributed by atoms with E-state index in [4.69, 9.17) is 0 Å². The normalized spacial score (nSPS) is 14.3. The van der Waals surface area contributed by atoms with Crippen LogP contribution in [0.15, 0.2) is 30.3 Å². The van der Waals surface area contributed by atoms with Crippen molar-refractivity contribution in [3.63, 3.8) is 0 Å². The molecule has 0 saturated heterocycles. The van der Waals surface area contributed by atoms with Gasteiger partial charge in [0, 0.05) is 0 Å². The predicted octanol–water partition coefficient (Wildman–Crippen LogP) is 4.95. The zero-order chi connectivity index (χ0) is 8.27. The van der Waals surface area contributed by atoms with Gasteiger partial charge in [-0.2, -0.15) is 0 Å². The van der Waals surface area contributed by atoms with Crippen LogP contribution in [0.3, 0.4) is 0 Å². The first kappa shape index (κ1) is 10.5. The van der Waals surface area contributed by atoms with Crippen LogP contribution in [-0.2, 0) is 0 Å².